The Kier molecular flexibility index (Phi) is 6.05. The molecule has 2 amide bonds. The SMILES string of the molecule is O=C(NCCNS(=O)(=O)c1ccc(F)cc1)c1ccc(NC(=O)C2CC2)cc1. The normalized spacial score (nSPS) is 13.8. The number of amides is 2. The van der Waals surface area contributed by atoms with Crippen molar-refractivity contribution in [3.05, 3.63) is 59.9 Å². The quantitative estimate of drug-likeness (QED) is 0.583. The minimum absolute atomic E-state index is 0.00867. The van der Waals surface area contributed by atoms with Crippen LogP contribution in [0.2, 0.25) is 0 Å². The van der Waals surface area contributed by atoms with Crippen LogP contribution in [0.3, 0.4) is 0 Å². The Labute approximate surface area is 162 Å². The molecule has 3 N–H and O–H groups in total. The Balaban J connectivity index is 1.44. The number of halogens is 1. The Morgan fingerprint density at radius 1 is 0.964 bits per heavy atom. The fourth-order valence-electron chi connectivity index (χ4n) is 2.46. The van der Waals surface area contributed by atoms with Crippen molar-refractivity contribution in [3.63, 3.8) is 0 Å². The lowest BCUT2D eigenvalue weighted by atomic mass is 10.2. The average molecular weight is 405 g/mol. The van der Waals surface area contributed by atoms with Crippen LogP contribution in [0.4, 0.5) is 10.1 Å². The summed E-state index contributed by atoms with van der Waals surface area (Å²) in [6.45, 7) is 0.0698. The third-order valence-corrected chi connectivity index (χ3v) is 5.67. The van der Waals surface area contributed by atoms with Gasteiger partial charge in [0.15, 0.2) is 0 Å². The summed E-state index contributed by atoms with van der Waals surface area (Å²) in [7, 11) is -3.77. The van der Waals surface area contributed by atoms with E-state index in [4.69, 9.17) is 0 Å². The molecule has 28 heavy (non-hydrogen) atoms. The molecule has 148 valence electrons. The van der Waals surface area contributed by atoms with Crippen LogP contribution in [0.25, 0.3) is 0 Å². The van der Waals surface area contributed by atoms with Gasteiger partial charge in [0, 0.05) is 30.3 Å². The number of hydrogen-bond acceptors (Lipinski definition) is 4. The van der Waals surface area contributed by atoms with Crippen LogP contribution in [0.5, 0.6) is 0 Å². The summed E-state index contributed by atoms with van der Waals surface area (Å²) in [6.07, 6.45) is 1.83. The van der Waals surface area contributed by atoms with Crippen molar-refractivity contribution >= 4 is 27.5 Å². The molecule has 1 aliphatic carbocycles. The fourth-order valence-corrected chi connectivity index (χ4v) is 3.49. The average Bonchev–Trinajstić information content (AvgIpc) is 3.51. The van der Waals surface area contributed by atoms with E-state index in [1.54, 1.807) is 24.3 Å². The number of hydrogen-bond donors (Lipinski definition) is 3. The van der Waals surface area contributed by atoms with Crippen LogP contribution in [0, 0.1) is 11.7 Å². The van der Waals surface area contributed by atoms with Crippen molar-refractivity contribution in [2.24, 2.45) is 5.92 Å². The van der Waals surface area contributed by atoms with Crippen molar-refractivity contribution in [3.8, 4) is 0 Å². The summed E-state index contributed by atoms with van der Waals surface area (Å²) < 4.78 is 39.3. The van der Waals surface area contributed by atoms with Crippen LogP contribution in [0.1, 0.15) is 23.2 Å². The number of nitrogens with one attached hydrogen (secondary N) is 3. The zero-order valence-electron chi connectivity index (χ0n) is 14.9. The molecule has 0 unspecified atom stereocenters. The van der Waals surface area contributed by atoms with Crippen molar-refractivity contribution < 1.29 is 22.4 Å². The molecular weight excluding hydrogens is 385 g/mol. The molecule has 0 aliphatic heterocycles. The molecule has 2 aromatic rings. The summed E-state index contributed by atoms with van der Waals surface area (Å²) in [4.78, 5) is 23.8. The van der Waals surface area contributed by atoms with E-state index in [1.807, 2.05) is 0 Å². The van der Waals surface area contributed by atoms with Crippen molar-refractivity contribution in [1.82, 2.24) is 10.0 Å². The molecule has 1 aliphatic rings. The number of carbonyl (C=O) groups is 2. The first-order valence-electron chi connectivity index (χ1n) is 8.79. The minimum atomic E-state index is -3.77. The molecule has 1 saturated carbocycles. The lowest BCUT2D eigenvalue weighted by molar-refractivity contribution is -0.117. The number of carbonyl (C=O) groups excluding carboxylic acids is 2. The van der Waals surface area contributed by atoms with Gasteiger partial charge in [0.2, 0.25) is 15.9 Å². The molecule has 0 atom stereocenters. The van der Waals surface area contributed by atoms with Gasteiger partial charge in [0.05, 0.1) is 4.90 Å². The van der Waals surface area contributed by atoms with Crippen LogP contribution >= 0.6 is 0 Å². The second kappa shape index (κ2) is 8.49. The molecule has 3 rings (SSSR count). The van der Waals surface area contributed by atoms with E-state index in [-0.39, 0.29) is 35.7 Å². The highest BCUT2D eigenvalue weighted by molar-refractivity contribution is 7.89. The highest BCUT2D eigenvalue weighted by atomic mass is 32.2. The number of benzene rings is 2. The van der Waals surface area contributed by atoms with Gasteiger partial charge in [-0.2, -0.15) is 0 Å². The summed E-state index contributed by atoms with van der Waals surface area (Å²) in [5.74, 6) is -0.794. The second-order valence-electron chi connectivity index (χ2n) is 6.45. The topological polar surface area (TPSA) is 104 Å². The summed E-state index contributed by atoms with van der Waals surface area (Å²) >= 11 is 0. The molecule has 0 bridgehead atoms. The Morgan fingerprint density at radius 3 is 2.21 bits per heavy atom. The Morgan fingerprint density at radius 2 is 1.61 bits per heavy atom. The second-order valence-corrected chi connectivity index (χ2v) is 8.22. The van der Waals surface area contributed by atoms with Crippen molar-refractivity contribution in [2.75, 3.05) is 18.4 Å². The van der Waals surface area contributed by atoms with Gasteiger partial charge in [-0.05, 0) is 61.4 Å². The predicted octanol–water partition coefficient (Wildman–Crippen LogP) is 1.88. The van der Waals surface area contributed by atoms with Gasteiger partial charge in [-0.1, -0.05) is 0 Å². The highest BCUT2D eigenvalue weighted by Gasteiger charge is 2.29. The summed E-state index contributed by atoms with van der Waals surface area (Å²) in [5.41, 5.74) is 1.02. The zero-order valence-corrected chi connectivity index (χ0v) is 15.8. The first-order chi connectivity index (χ1) is 13.3. The van der Waals surface area contributed by atoms with Gasteiger partial charge in [-0.25, -0.2) is 17.5 Å². The van der Waals surface area contributed by atoms with Crippen molar-refractivity contribution in [1.29, 1.82) is 0 Å². The van der Waals surface area contributed by atoms with E-state index in [9.17, 15) is 22.4 Å². The van der Waals surface area contributed by atoms with Crippen molar-refractivity contribution in [2.45, 2.75) is 17.7 Å². The maximum absolute atomic E-state index is 12.9. The largest absolute Gasteiger partial charge is 0.351 e. The van der Waals surface area contributed by atoms with Gasteiger partial charge in [-0.3, -0.25) is 9.59 Å². The molecule has 7 nitrogen and oxygen atoms in total. The van der Waals surface area contributed by atoms with E-state index in [0.717, 1.165) is 25.0 Å². The van der Waals surface area contributed by atoms with Gasteiger partial charge < -0.3 is 10.6 Å². The predicted molar refractivity (Wildman–Crippen MR) is 102 cm³/mol. The Bertz CT molecular complexity index is 956. The maximum Gasteiger partial charge on any atom is 0.251 e. The van der Waals surface area contributed by atoms with Gasteiger partial charge in [0.25, 0.3) is 5.91 Å². The fraction of sp³-hybridized carbons (Fsp3) is 0.263. The number of rotatable bonds is 8. The van der Waals surface area contributed by atoms with Crippen LogP contribution < -0.4 is 15.4 Å². The smallest absolute Gasteiger partial charge is 0.251 e. The molecule has 1 fully saturated rings. The summed E-state index contributed by atoms with van der Waals surface area (Å²) in [6, 6.07) is 10.9. The zero-order chi connectivity index (χ0) is 20.1. The van der Waals surface area contributed by atoms with E-state index in [2.05, 4.69) is 15.4 Å². The number of anilines is 1. The maximum atomic E-state index is 12.9. The van der Waals surface area contributed by atoms with Crippen LogP contribution in [-0.2, 0) is 14.8 Å². The molecule has 0 aromatic heterocycles. The van der Waals surface area contributed by atoms with Gasteiger partial charge in [0.1, 0.15) is 5.82 Å². The third-order valence-electron chi connectivity index (χ3n) is 4.19. The lowest BCUT2D eigenvalue weighted by Crippen LogP contribution is -2.34. The monoisotopic (exact) mass is 405 g/mol. The molecule has 0 spiro atoms. The number of sulfonamides is 1. The molecular formula is C19H20FN3O4S. The summed E-state index contributed by atoms with van der Waals surface area (Å²) in [5, 5.41) is 5.39. The Hall–Kier alpha value is -2.78. The van der Waals surface area contributed by atoms with Gasteiger partial charge >= 0.3 is 0 Å². The first-order valence-corrected chi connectivity index (χ1v) is 10.3. The van der Waals surface area contributed by atoms with Crippen LogP contribution in [-0.4, -0.2) is 33.3 Å². The highest BCUT2D eigenvalue weighted by Crippen LogP contribution is 2.30. The van der Waals surface area contributed by atoms with E-state index < -0.39 is 15.8 Å². The molecule has 0 saturated heterocycles. The lowest BCUT2D eigenvalue weighted by Gasteiger charge is -2.09. The van der Waals surface area contributed by atoms with E-state index >= 15 is 0 Å². The van der Waals surface area contributed by atoms with Crippen LogP contribution in [0.15, 0.2) is 53.4 Å². The molecule has 2 aromatic carbocycles. The first kappa shape index (κ1) is 20.0. The third kappa shape index (κ3) is 5.37. The van der Waals surface area contributed by atoms with Gasteiger partial charge in [-0.15, -0.1) is 0 Å². The molecule has 0 radical (unpaired) electrons. The minimum Gasteiger partial charge on any atom is -0.351 e. The van der Waals surface area contributed by atoms with E-state index in [0.29, 0.717) is 11.3 Å². The molecule has 9 heteroatoms. The van der Waals surface area contributed by atoms with E-state index in [1.165, 1.54) is 12.1 Å². The molecule has 0 heterocycles. The standard InChI is InChI=1S/C19H20FN3O4S/c20-15-5-9-17(10-6-15)28(26,27)22-12-11-21-18(24)13-3-7-16(8-4-13)23-19(25)14-1-2-14/h3-10,14,22H,1-2,11-12H2,(H,21,24)(H,23,25).